The Morgan fingerprint density at radius 1 is 0.287 bits per heavy atom. The van der Waals surface area contributed by atoms with Crippen LogP contribution in [0.2, 0.25) is 0 Å². The highest BCUT2D eigenvalue weighted by Crippen LogP contribution is 2.45. The van der Waals surface area contributed by atoms with Crippen molar-refractivity contribution in [2.45, 2.75) is 407 Å². The highest BCUT2D eigenvalue weighted by Gasteiger charge is 2.30. The number of esters is 4. The molecule has 0 fully saturated rings. The van der Waals surface area contributed by atoms with Crippen molar-refractivity contribution >= 4 is 39.5 Å². The van der Waals surface area contributed by atoms with Crippen molar-refractivity contribution in [3.05, 3.63) is 0 Å². The van der Waals surface area contributed by atoms with E-state index in [9.17, 15) is 43.2 Å². The van der Waals surface area contributed by atoms with Gasteiger partial charge in [-0.2, -0.15) is 0 Å². The third-order valence-electron chi connectivity index (χ3n) is 17.5. The summed E-state index contributed by atoms with van der Waals surface area (Å²) in [5, 5.41) is 10.6. The van der Waals surface area contributed by atoms with Crippen molar-refractivity contribution in [3.63, 3.8) is 0 Å². The van der Waals surface area contributed by atoms with Crippen LogP contribution in [0.3, 0.4) is 0 Å². The minimum absolute atomic E-state index is 0.101. The lowest BCUT2D eigenvalue weighted by Crippen LogP contribution is -2.30. The molecule has 0 spiro atoms. The molecule has 5 atom stereocenters. The largest absolute Gasteiger partial charge is 0.472 e. The van der Waals surface area contributed by atoms with E-state index < -0.39 is 97.5 Å². The number of carbonyl (C=O) groups excluding carboxylic acids is 4. The topological polar surface area (TPSA) is 237 Å². The van der Waals surface area contributed by atoms with Gasteiger partial charge in [-0.1, -0.05) is 337 Å². The van der Waals surface area contributed by atoms with E-state index in [4.69, 9.17) is 37.0 Å². The number of unbranched alkanes of at least 4 members (excludes halogenated alkanes) is 44. The molecule has 17 nitrogen and oxygen atoms in total. The first-order chi connectivity index (χ1) is 45.4. The first-order valence-corrected chi connectivity index (χ1v) is 42.0. The fourth-order valence-electron chi connectivity index (χ4n) is 11.5. The van der Waals surface area contributed by atoms with Crippen molar-refractivity contribution in [3.8, 4) is 0 Å². The molecule has 0 aliphatic carbocycles. The minimum atomic E-state index is -4.95. The summed E-state index contributed by atoms with van der Waals surface area (Å²) in [6, 6.07) is 0. The normalized spacial score (nSPS) is 14.0. The lowest BCUT2D eigenvalue weighted by molar-refractivity contribution is -0.161. The Bertz CT molecular complexity index is 1820. The maximum Gasteiger partial charge on any atom is 0.472 e. The Kier molecular flexibility index (Phi) is 65.5. The zero-order valence-electron chi connectivity index (χ0n) is 61.3. The number of aliphatic hydroxyl groups excluding tert-OH is 1. The van der Waals surface area contributed by atoms with Crippen LogP contribution in [0.1, 0.15) is 388 Å². The van der Waals surface area contributed by atoms with Crippen LogP contribution in [0.25, 0.3) is 0 Å². The fraction of sp³-hybridized carbons (Fsp3) is 0.947. The highest BCUT2D eigenvalue weighted by atomic mass is 31.2. The van der Waals surface area contributed by atoms with Crippen molar-refractivity contribution in [1.82, 2.24) is 0 Å². The summed E-state index contributed by atoms with van der Waals surface area (Å²) in [7, 11) is -9.89. The highest BCUT2D eigenvalue weighted by molar-refractivity contribution is 7.47. The van der Waals surface area contributed by atoms with E-state index in [-0.39, 0.29) is 25.7 Å². The van der Waals surface area contributed by atoms with E-state index in [1.807, 2.05) is 0 Å². The number of ether oxygens (including phenoxy) is 4. The van der Waals surface area contributed by atoms with Crippen LogP contribution in [0, 0.1) is 11.8 Å². The molecule has 3 N–H and O–H groups in total. The van der Waals surface area contributed by atoms with E-state index in [2.05, 4.69) is 41.5 Å². The molecule has 0 saturated heterocycles. The Morgan fingerprint density at radius 3 is 0.723 bits per heavy atom. The number of hydrogen-bond donors (Lipinski definition) is 3. The quantitative estimate of drug-likeness (QED) is 0.0222. The molecule has 2 unspecified atom stereocenters. The Hall–Kier alpha value is -1.94. The van der Waals surface area contributed by atoms with Crippen LogP contribution in [-0.2, 0) is 65.4 Å². The van der Waals surface area contributed by atoms with Gasteiger partial charge >= 0.3 is 39.5 Å². The summed E-state index contributed by atoms with van der Waals surface area (Å²) in [5.41, 5.74) is 0. The molecule has 558 valence electrons. The molecule has 0 aliphatic heterocycles. The molecule has 0 radical (unpaired) electrons. The maximum absolute atomic E-state index is 13.1. The Morgan fingerprint density at radius 2 is 0.489 bits per heavy atom. The van der Waals surface area contributed by atoms with E-state index in [1.54, 1.807) is 0 Å². The van der Waals surface area contributed by atoms with E-state index in [0.717, 1.165) is 102 Å². The predicted octanol–water partition coefficient (Wildman–Crippen LogP) is 21.9. The molecular weight excluding hydrogens is 1230 g/mol. The average molecular weight is 1380 g/mol. The Balaban J connectivity index is 5.09. The summed E-state index contributed by atoms with van der Waals surface area (Å²) in [5.74, 6) is -0.644. The SMILES string of the molecule is CCCCCCCCCCCCCCCCCCCCCC(=O)OC[C@H](COP(=O)(O)OC[C@@H](O)COP(=O)(O)OC[C@@H](COC(=O)CCCCCCC)OC(=O)CCCCCCCCC(C)C)OC(=O)CCCCCCCCCCCCCCCCCCCCC(C)C. The minimum Gasteiger partial charge on any atom is -0.462 e. The first-order valence-electron chi connectivity index (χ1n) is 39.0. The zero-order chi connectivity index (χ0) is 69.3. The maximum atomic E-state index is 13.1. The van der Waals surface area contributed by atoms with Crippen LogP contribution in [0.4, 0.5) is 0 Å². The third-order valence-corrected chi connectivity index (χ3v) is 19.4. The molecule has 0 aromatic heterocycles. The number of phosphoric acid groups is 2. The van der Waals surface area contributed by atoms with Crippen molar-refractivity contribution in [1.29, 1.82) is 0 Å². The first kappa shape index (κ1) is 92.1. The van der Waals surface area contributed by atoms with Gasteiger partial charge in [-0.05, 0) is 37.5 Å². The molecule has 0 rings (SSSR count). The summed E-state index contributed by atoms with van der Waals surface area (Å²) in [4.78, 5) is 72.4. The van der Waals surface area contributed by atoms with Gasteiger partial charge < -0.3 is 33.8 Å². The van der Waals surface area contributed by atoms with Crippen LogP contribution in [-0.4, -0.2) is 96.7 Å². The van der Waals surface area contributed by atoms with Crippen LogP contribution in [0.15, 0.2) is 0 Å². The second-order valence-corrected chi connectivity index (χ2v) is 30.9. The van der Waals surface area contributed by atoms with E-state index >= 15 is 0 Å². The summed E-state index contributed by atoms with van der Waals surface area (Å²) < 4.78 is 68.2. The molecule has 19 heteroatoms. The molecule has 0 bridgehead atoms. The van der Waals surface area contributed by atoms with E-state index in [1.165, 1.54) is 199 Å². The Labute approximate surface area is 575 Å². The van der Waals surface area contributed by atoms with Crippen molar-refractivity contribution in [2.75, 3.05) is 39.6 Å². The van der Waals surface area contributed by atoms with Crippen LogP contribution < -0.4 is 0 Å². The van der Waals surface area contributed by atoms with Crippen molar-refractivity contribution < 1.29 is 80.2 Å². The van der Waals surface area contributed by atoms with Crippen LogP contribution in [0.5, 0.6) is 0 Å². The molecule has 94 heavy (non-hydrogen) atoms. The molecule has 0 amide bonds. The van der Waals surface area contributed by atoms with Gasteiger partial charge in [0.1, 0.15) is 19.3 Å². The molecule has 0 aliphatic rings. The monoisotopic (exact) mass is 1380 g/mol. The number of carbonyl (C=O) groups is 4. The molecule has 0 heterocycles. The predicted molar refractivity (Wildman–Crippen MR) is 381 cm³/mol. The standard InChI is InChI=1S/C75H146O17P2/c1-7-9-11-13-14-15-16-17-18-19-20-24-27-30-33-36-39-46-52-58-73(78)86-64-71(91-74(79)59-53-47-40-37-34-31-28-25-22-21-23-26-29-32-35-38-44-49-55-67(3)4)66-90-94(83,84)88-62-69(76)61-87-93(81,82)89-65-70(63-85-72(77)57-51-43-12-10-8-2)92-75(80)60-54-48-42-41-45-50-56-68(5)6/h67-71,76H,7-66H2,1-6H3,(H,81,82)(H,83,84)/t69-,70+,71+/m0/s1. The molecular formula is C75H146O17P2. The summed E-state index contributed by atoms with van der Waals surface area (Å²) in [6.45, 7) is 9.43. The van der Waals surface area contributed by atoms with Gasteiger partial charge in [0.2, 0.25) is 0 Å². The number of hydrogen-bond acceptors (Lipinski definition) is 15. The van der Waals surface area contributed by atoms with Gasteiger partial charge in [0.15, 0.2) is 12.2 Å². The second-order valence-electron chi connectivity index (χ2n) is 28.0. The second kappa shape index (κ2) is 66.9. The lowest BCUT2D eigenvalue weighted by Gasteiger charge is -2.21. The lowest BCUT2D eigenvalue weighted by atomic mass is 10.0. The summed E-state index contributed by atoms with van der Waals surface area (Å²) >= 11 is 0. The average Bonchev–Trinajstić information content (AvgIpc) is 2.48. The molecule has 0 aromatic carbocycles. The van der Waals surface area contributed by atoms with Gasteiger partial charge in [-0.15, -0.1) is 0 Å². The van der Waals surface area contributed by atoms with Gasteiger partial charge in [0.05, 0.1) is 26.4 Å². The van der Waals surface area contributed by atoms with Crippen LogP contribution >= 0.6 is 15.6 Å². The van der Waals surface area contributed by atoms with Gasteiger partial charge in [0, 0.05) is 25.7 Å². The molecule has 0 saturated carbocycles. The smallest absolute Gasteiger partial charge is 0.462 e. The van der Waals surface area contributed by atoms with Gasteiger partial charge in [0.25, 0.3) is 0 Å². The number of aliphatic hydroxyl groups is 1. The fourth-order valence-corrected chi connectivity index (χ4v) is 13.1. The number of phosphoric ester groups is 2. The third kappa shape index (κ3) is 68.6. The van der Waals surface area contributed by atoms with Gasteiger partial charge in [-0.3, -0.25) is 37.3 Å². The zero-order valence-corrected chi connectivity index (χ0v) is 63.1. The van der Waals surface area contributed by atoms with Gasteiger partial charge in [-0.25, -0.2) is 9.13 Å². The van der Waals surface area contributed by atoms with E-state index in [0.29, 0.717) is 31.6 Å². The summed E-state index contributed by atoms with van der Waals surface area (Å²) in [6.07, 6.45) is 55.0. The molecule has 0 aromatic rings. The van der Waals surface area contributed by atoms with Crippen molar-refractivity contribution in [2.24, 2.45) is 11.8 Å². The number of rotatable bonds is 74.